The Morgan fingerprint density at radius 2 is 1.87 bits per heavy atom. The number of nitrogens with one attached hydrogen (secondary N) is 1. The summed E-state index contributed by atoms with van der Waals surface area (Å²) in [6, 6.07) is 6.18. The van der Waals surface area contributed by atoms with Gasteiger partial charge < -0.3 is 14.5 Å². The van der Waals surface area contributed by atoms with Crippen LogP contribution in [0.2, 0.25) is 0 Å². The normalized spacial score (nSPS) is 17.5. The van der Waals surface area contributed by atoms with Crippen molar-refractivity contribution in [1.29, 1.82) is 0 Å². The van der Waals surface area contributed by atoms with Crippen LogP contribution in [-0.4, -0.2) is 17.3 Å². The first-order chi connectivity index (χ1) is 14.9. The highest BCUT2D eigenvalue weighted by atomic mass is 19.1. The molecule has 31 heavy (non-hydrogen) atoms. The highest BCUT2D eigenvalue weighted by molar-refractivity contribution is 6.14. The third kappa shape index (κ3) is 3.28. The maximum absolute atomic E-state index is 13.9. The molecular formula is C24H21F2NO4. The molecule has 1 spiro atoms. The van der Waals surface area contributed by atoms with Gasteiger partial charge in [0, 0.05) is 17.0 Å². The van der Waals surface area contributed by atoms with Gasteiger partial charge in [-0.05, 0) is 56.9 Å². The van der Waals surface area contributed by atoms with Gasteiger partial charge in [0.2, 0.25) is 0 Å². The summed E-state index contributed by atoms with van der Waals surface area (Å²) in [4.78, 5) is 25.9. The van der Waals surface area contributed by atoms with E-state index in [1.165, 1.54) is 0 Å². The van der Waals surface area contributed by atoms with Gasteiger partial charge >= 0.3 is 0 Å². The molecule has 1 saturated carbocycles. The van der Waals surface area contributed by atoms with Crippen LogP contribution in [0, 0.1) is 18.6 Å². The zero-order valence-electron chi connectivity index (χ0n) is 17.0. The lowest BCUT2D eigenvalue weighted by molar-refractivity contribution is 0.0139. The zero-order chi connectivity index (χ0) is 21.8. The van der Waals surface area contributed by atoms with Crippen molar-refractivity contribution < 1.29 is 27.5 Å². The van der Waals surface area contributed by atoms with Crippen molar-refractivity contribution in [2.75, 3.05) is 5.32 Å². The lowest BCUT2D eigenvalue weighted by Crippen LogP contribution is -2.43. The van der Waals surface area contributed by atoms with Gasteiger partial charge in [0.25, 0.3) is 5.91 Å². The number of furan rings is 1. The van der Waals surface area contributed by atoms with E-state index >= 15 is 0 Å². The fraction of sp³-hybridized carbons (Fsp3) is 0.333. The SMILES string of the molecule is Cc1c(C(=O)Nc2cc(F)ccc2F)oc2ccc3c(c12)C(=O)CC1(CCCCC1)O3. The van der Waals surface area contributed by atoms with Gasteiger partial charge in [-0.3, -0.25) is 9.59 Å². The van der Waals surface area contributed by atoms with E-state index in [0.29, 0.717) is 34.3 Å². The fourth-order valence-corrected chi connectivity index (χ4v) is 4.80. The number of anilines is 1. The highest BCUT2D eigenvalue weighted by Crippen LogP contribution is 2.45. The largest absolute Gasteiger partial charge is 0.486 e. The standard InChI is InChI=1S/C24H21F2NO4/c1-13-20-18(30-22(13)23(29)27-16-11-14(25)5-6-15(16)26)7-8-19-21(20)17(28)12-24(31-19)9-3-2-4-10-24/h5-8,11H,2-4,9-10,12H2,1H3,(H,27,29). The average molecular weight is 425 g/mol. The van der Waals surface area contributed by atoms with Crippen LogP contribution in [0.25, 0.3) is 11.0 Å². The van der Waals surface area contributed by atoms with Crippen LogP contribution in [0.3, 0.4) is 0 Å². The Morgan fingerprint density at radius 1 is 1.10 bits per heavy atom. The Labute approximate surface area is 177 Å². The van der Waals surface area contributed by atoms with Crippen molar-refractivity contribution in [2.24, 2.45) is 0 Å². The number of rotatable bonds is 2. The van der Waals surface area contributed by atoms with Crippen LogP contribution in [0.5, 0.6) is 5.75 Å². The minimum absolute atomic E-state index is 0.0271. The van der Waals surface area contributed by atoms with E-state index in [1.54, 1.807) is 19.1 Å². The molecule has 2 heterocycles. The number of ketones is 1. The topological polar surface area (TPSA) is 68.5 Å². The number of Topliss-reactive ketones (excluding diaryl/α,β-unsaturated/α-hetero) is 1. The molecule has 5 rings (SSSR count). The molecular weight excluding hydrogens is 404 g/mol. The average Bonchev–Trinajstić information content (AvgIpc) is 3.08. The molecule has 1 fully saturated rings. The third-order valence-corrected chi connectivity index (χ3v) is 6.29. The molecule has 0 saturated heterocycles. The van der Waals surface area contributed by atoms with Gasteiger partial charge in [-0.2, -0.15) is 0 Å². The summed E-state index contributed by atoms with van der Waals surface area (Å²) in [6.45, 7) is 1.67. The minimum Gasteiger partial charge on any atom is -0.486 e. The maximum Gasteiger partial charge on any atom is 0.291 e. The number of carbonyl (C=O) groups is 2. The van der Waals surface area contributed by atoms with Crippen molar-refractivity contribution in [2.45, 2.75) is 51.0 Å². The summed E-state index contributed by atoms with van der Waals surface area (Å²) in [5, 5.41) is 2.87. The van der Waals surface area contributed by atoms with Crippen molar-refractivity contribution in [3.05, 3.63) is 58.9 Å². The lowest BCUT2D eigenvalue weighted by atomic mass is 9.78. The van der Waals surface area contributed by atoms with Crippen LogP contribution >= 0.6 is 0 Å². The molecule has 0 unspecified atom stereocenters. The third-order valence-electron chi connectivity index (χ3n) is 6.29. The number of halogens is 2. The predicted molar refractivity (Wildman–Crippen MR) is 111 cm³/mol. The summed E-state index contributed by atoms with van der Waals surface area (Å²) >= 11 is 0. The Morgan fingerprint density at radius 3 is 2.65 bits per heavy atom. The molecule has 2 aliphatic rings. The molecule has 0 atom stereocenters. The number of ether oxygens (including phenoxy) is 1. The van der Waals surface area contributed by atoms with E-state index in [9.17, 15) is 18.4 Å². The highest BCUT2D eigenvalue weighted by Gasteiger charge is 2.42. The summed E-state index contributed by atoms with van der Waals surface area (Å²) in [6.07, 6.45) is 5.24. The second-order valence-corrected chi connectivity index (χ2v) is 8.39. The monoisotopic (exact) mass is 425 g/mol. The lowest BCUT2D eigenvalue weighted by Gasteiger charge is -2.40. The van der Waals surface area contributed by atoms with Crippen molar-refractivity contribution in [3.8, 4) is 5.75 Å². The number of hydrogen-bond acceptors (Lipinski definition) is 4. The number of fused-ring (bicyclic) bond motifs is 3. The Hall–Kier alpha value is -3.22. The fourth-order valence-electron chi connectivity index (χ4n) is 4.80. The minimum atomic E-state index is -0.762. The maximum atomic E-state index is 13.9. The van der Waals surface area contributed by atoms with Crippen molar-refractivity contribution in [1.82, 2.24) is 0 Å². The Balaban J connectivity index is 1.54. The van der Waals surface area contributed by atoms with E-state index in [2.05, 4.69) is 5.32 Å². The van der Waals surface area contributed by atoms with E-state index < -0.39 is 23.1 Å². The summed E-state index contributed by atoms with van der Waals surface area (Å²) in [5.74, 6) is -1.73. The quantitative estimate of drug-likeness (QED) is 0.552. The van der Waals surface area contributed by atoms with Gasteiger partial charge in [-0.15, -0.1) is 0 Å². The Bertz CT molecular complexity index is 1220. The van der Waals surface area contributed by atoms with Crippen LogP contribution in [0.4, 0.5) is 14.5 Å². The van der Waals surface area contributed by atoms with Crippen LogP contribution in [-0.2, 0) is 0 Å². The summed E-state index contributed by atoms with van der Waals surface area (Å²) < 4.78 is 39.4. The molecule has 1 aliphatic heterocycles. The summed E-state index contributed by atoms with van der Waals surface area (Å²) in [5.41, 5.74) is 0.523. The number of aryl methyl sites for hydroxylation is 1. The van der Waals surface area contributed by atoms with E-state index in [1.807, 2.05) is 0 Å². The van der Waals surface area contributed by atoms with Gasteiger partial charge in [0.15, 0.2) is 11.5 Å². The van der Waals surface area contributed by atoms with Gasteiger partial charge in [0.05, 0.1) is 17.7 Å². The van der Waals surface area contributed by atoms with Crippen LogP contribution < -0.4 is 10.1 Å². The number of benzene rings is 2. The van der Waals surface area contributed by atoms with E-state index in [-0.39, 0.29) is 17.2 Å². The first-order valence-electron chi connectivity index (χ1n) is 10.4. The molecule has 7 heteroatoms. The van der Waals surface area contributed by atoms with Gasteiger partial charge in [0.1, 0.15) is 28.6 Å². The Kier molecular flexibility index (Phi) is 4.57. The summed E-state index contributed by atoms with van der Waals surface area (Å²) in [7, 11) is 0. The number of hydrogen-bond donors (Lipinski definition) is 1. The van der Waals surface area contributed by atoms with Crippen molar-refractivity contribution >= 4 is 28.3 Å². The number of amides is 1. The molecule has 1 aliphatic carbocycles. The second-order valence-electron chi connectivity index (χ2n) is 8.39. The zero-order valence-corrected chi connectivity index (χ0v) is 17.0. The van der Waals surface area contributed by atoms with E-state index in [4.69, 9.17) is 9.15 Å². The molecule has 160 valence electrons. The van der Waals surface area contributed by atoms with Gasteiger partial charge in [-0.25, -0.2) is 8.78 Å². The molecule has 1 N–H and O–H groups in total. The molecule has 2 aromatic carbocycles. The molecule has 1 amide bonds. The number of carbonyl (C=O) groups excluding carboxylic acids is 2. The molecule has 0 radical (unpaired) electrons. The first-order valence-corrected chi connectivity index (χ1v) is 10.4. The van der Waals surface area contributed by atoms with Crippen LogP contribution in [0.15, 0.2) is 34.7 Å². The molecule has 1 aromatic heterocycles. The molecule has 3 aromatic rings. The van der Waals surface area contributed by atoms with Gasteiger partial charge in [-0.1, -0.05) is 6.42 Å². The predicted octanol–water partition coefficient (Wildman–Crippen LogP) is 5.94. The van der Waals surface area contributed by atoms with Crippen LogP contribution in [0.1, 0.15) is 65.0 Å². The second kappa shape index (κ2) is 7.18. The smallest absolute Gasteiger partial charge is 0.291 e. The molecule has 0 bridgehead atoms. The van der Waals surface area contributed by atoms with Crippen molar-refractivity contribution in [3.63, 3.8) is 0 Å². The van der Waals surface area contributed by atoms with E-state index in [0.717, 1.165) is 50.3 Å². The molecule has 5 nitrogen and oxygen atoms in total. The first kappa shape index (κ1) is 19.7.